The Hall–Kier alpha value is -0.840. The smallest absolute Gasteiger partial charge is 0.192 e. The summed E-state index contributed by atoms with van der Waals surface area (Å²) in [5.41, 5.74) is 5.72. The van der Waals surface area contributed by atoms with Gasteiger partial charge in [-0.2, -0.15) is 0 Å². The molecule has 3 nitrogen and oxygen atoms in total. The molecule has 1 aromatic rings. The van der Waals surface area contributed by atoms with Crippen LogP contribution in [0.1, 0.15) is 17.3 Å². The zero-order chi connectivity index (χ0) is 11.3. The van der Waals surface area contributed by atoms with E-state index < -0.39 is 6.10 Å². The fourth-order valence-corrected chi connectivity index (χ4v) is 1.84. The van der Waals surface area contributed by atoms with E-state index in [2.05, 4.69) is 6.92 Å². The molecule has 0 saturated carbocycles. The Labute approximate surface area is 93.7 Å². The van der Waals surface area contributed by atoms with Crippen LogP contribution in [-0.2, 0) is 0 Å². The highest BCUT2D eigenvalue weighted by Crippen LogP contribution is 2.18. The first-order chi connectivity index (χ1) is 7.19. The van der Waals surface area contributed by atoms with Crippen molar-refractivity contribution < 1.29 is 9.90 Å². The summed E-state index contributed by atoms with van der Waals surface area (Å²) in [7, 11) is 0. The molecule has 82 valence electrons. The Morgan fingerprint density at radius 3 is 2.53 bits per heavy atom. The summed E-state index contributed by atoms with van der Waals surface area (Å²) in [4.78, 5) is 12.6. The zero-order valence-electron chi connectivity index (χ0n) is 8.64. The van der Waals surface area contributed by atoms with Gasteiger partial charge in [-0.15, -0.1) is 11.8 Å². The summed E-state index contributed by atoms with van der Waals surface area (Å²) in [6, 6.07) is 7.20. The molecule has 0 fully saturated rings. The van der Waals surface area contributed by atoms with E-state index in [1.807, 2.05) is 12.1 Å². The lowest BCUT2D eigenvalue weighted by Crippen LogP contribution is -2.29. The van der Waals surface area contributed by atoms with Crippen molar-refractivity contribution >= 4 is 17.5 Å². The number of hydrogen-bond acceptors (Lipinski definition) is 4. The molecule has 0 saturated heterocycles. The van der Waals surface area contributed by atoms with Crippen LogP contribution in [0.2, 0.25) is 0 Å². The van der Waals surface area contributed by atoms with Crippen LogP contribution in [0.15, 0.2) is 29.2 Å². The van der Waals surface area contributed by atoms with E-state index in [9.17, 15) is 9.90 Å². The molecule has 0 heterocycles. The van der Waals surface area contributed by atoms with E-state index in [4.69, 9.17) is 5.73 Å². The van der Waals surface area contributed by atoms with Crippen LogP contribution in [-0.4, -0.2) is 29.3 Å². The summed E-state index contributed by atoms with van der Waals surface area (Å²) in [6.45, 7) is 2.03. The number of nitrogens with two attached hydrogens (primary N) is 1. The van der Waals surface area contributed by atoms with Crippen molar-refractivity contribution in [1.82, 2.24) is 0 Å². The number of benzene rings is 1. The summed E-state index contributed by atoms with van der Waals surface area (Å²) >= 11 is 1.71. The minimum Gasteiger partial charge on any atom is -0.384 e. The Morgan fingerprint density at radius 2 is 2.07 bits per heavy atom. The Balaban J connectivity index is 2.75. The van der Waals surface area contributed by atoms with Crippen LogP contribution >= 0.6 is 11.8 Å². The quantitative estimate of drug-likeness (QED) is 0.585. The van der Waals surface area contributed by atoms with Gasteiger partial charge in [0.1, 0.15) is 6.10 Å². The van der Waals surface area contributed by atoms with Crippen molar-refractivity contribution in [2.45, 2.75) is 17.9 Å². The summed E-state index contributed by atoms with van der Waals surface area (Å²) in [5.74, 6) is 0.684. The van der Waals surface area contributed by atoms with E-state index in [0.717, 1.165) is 10.6 Å². The molecule has 15 heavy (non-hydrogen) atoms. The maximum atomic E-state index is 11.5. The van der Waals surface area contributed by atoms with Gasteiger partial charge < -0.3 is 10.8 Å². The fraction of sp³-hybridized carbons (Fsp3) is 0.364. The van der Waals surface area contributed by atoms with Gasteiger partial charge in [0.25, 0.3) is 0 Å². The highest BCUT2D eigenvalue weighted by Gasteiger charge is 2.14. The van der Waals surface area contributed by atoms with Crippen molar-refractivity contribution in [1.29, 1.82) is 0 Å². The molecule has 4 heteroatoms. The number of aliphatic hydroxyl groups is 1. The van der Waals surface area contributed by atoms with Gasteiger partial charge in [-0.1, -0.05) is 19.1 Å². The molecule has 1 atom stereocenters. The third-order valence-electron chi connectivity index (χ3n) is 1.98. The molecule has 0 aliphatic heterocycles. The first kappa shape index (κ1) is 12.2. The van der Waals surface area contributed by atoms with Gasteiger partial charge in [-0.25, -0.2) is 0 Å². The number of hydrogen-bond donors (Lipinski definition) is 2. The molecule has 1 rings (SSSR count). The average Bonchev–Trinajstić information content (AvgIpc) is 2.28. The number of rotatable bonds is 5. The molecular weight excluding hydrogens is 210 g/mol. The van der Waals surface area contributed by atoms with E-state index in [1.165, 1.54) is 0 Å². The largest absolute Gasteiger partial charge is 0.384 e. The van der Waals surface area contributed by atoms with Crippen molar-refractivity contribution in [3.05, 3.63) is 29.8 Å². The Bertz CT molecular complexity index is 324. The predicted molar refractivity (Wildman–Crippen MR) is 62.2 cm³/mol. The maximum Gasteiger partial charge on any atom is 0.192 e. The molecule has 0 bridgehead atoms. The molecule has 0 spiro atoms. The van der Waals surface area contributed by atoms with Gasteiger partial charge in [0.2, 0.25) is 0 Å². The van der Waals surface area contributed by atoms with Crippen LogP contribution in [0.25, 0.3) is 0 Å². The first-order valence-electron chi connectivity index (χ1n) is 4.84. The maximum absolute atomic E-state index is 11.5. The molecular formula is C11H15NO2S. The second kappa shape index (κ2) is 5.90. The van der Waals surface area contributed by atoms with Gasteiger partial charge in [-0.3, -0.25) is 4.79 Å². The number of Topliss-reactive ketones (excluding diaryl/α,β-unsaturated/α-hetero) is 1. The molecule has 0 radical (unpaired) electrons. The second-order valence-electron chi connectivity index (χ2n) is 3.07. The third kappa shape index (κ3) is 3.34. The van der Waals surface area contributed by atoms with Gasteiger partial charge in [0.05, 0.1) is 0 Å². The van der Waals surface area contributed by atoms with Crippen molar-refractivity contribution in [2.24, 2.45) is 5.73 Å². The lowest BCUT2D eigenvalue weighted by atomic mass is 10.1. The van der Waals surface area contributed by atoms with Gasteiger partial charge in [0.15, 0.2) is 5.78 Å². The van der Waals surface area contributed by atoms with E-state index in [-0.39, 0.29) is 12.3 Å². The minimum absolute atomic E-state index is 0.0374. The van der Waals surface area contributed by atoms with Crippen LogP contribution in [0, 0.1) is 0 Å². The van der Waals surface area contributed by atoms with Crippen LogP contribution in [0.3, 0.4) is 0 Å². The fourth-order valence-electron chi connectivity index (χ4n) is 1.18. The lowest BCUT2D eigenvalue weighted by Gasteiger charge is -2.06. The predicted octanol–water partition coefficient (Wildman–Crippen LogP) is 1.30. The van der Waals surface area contributed by atoms with Crippen molar-refractivity contribution in [3.8, 4) is 0 Å². The lowest BCUT2D eigenvalue weighted by molar-refractivity contribution is 0.0763. The average molecular weight is 225 g/mol. The van der Waals surface area contributed by atoms with E-state index in [1.54, 1.807) is 23.9 Å². The van der Waals surface area contributed by atoms with Crippen molar-refractivity contribution in [3.63, 3.8) is 0 Å². The molecule has 3 N–H and O–H groups in total. The Morgan fingerprint density at radius 1 is 1.47 bits per heavy atom. The first-order valence-corrected chi connectivity index (χ1v) is 5.82. The summed E-state index contributed by atoms with van der Waals surface area (Å²) < 4.78 is 0. The summed E-state index contributed by atoms with van der Waals surface area (Å²) in [5, 5.41) is 9.27. The molecule has 0 aromatic heterocycles. The van der Waals surface area contributed by atoms with Gasteiger partial charge in [0, 0.05) is 17.0 Å². The highest BCUT2D eigenvalue weighted by atomic mass is 32.2. The molecule has 1 unspecified atom stereocenters. The van der Waals surface area contributed by atoms with Crippen LogP contribution < -0.4 is 5.73 Å². The molecule has 0 aliphatic rings. The zero-order valence-corrected chi connectivity index (χ0v) is 9.46. The van der Waals surface area contributed by atoms with Crippen LogP contribution in [0.5, 0.6) is 0 Å². The van der Waals surface area contributed by atoms with Crippen LogP contribution in [0.4, 0.5) is 0 Å². The molecule has 0 amide bonds. The Kier molecular flexibility index (Phi) is 4.81. The normalized spacial score (nSPS) is 12.5. The number of carbonyl (C=O) groups excluding carboxylic acids is 1. The third-order valence-corrected chi connectivity index (χ3v) is 2.87. The number of carbonyl (C=O) groups is 1. The van der Waals surface area contributed by atoms with Gasteiger partial charge in [-0.05, 0) is 17.9 Å². The van der Waals surface area contributed by atoms with Gasteiger partial charge >= 0.3 is 0 Å². The van der Waals surface area contributed by atoms with Crippen molar-refractivity contribution in [2.75, 3.05) is 12.3 Å². The molecule has 1 aromatic carbocycles. The standard InChI is InChI=1S/C11H15NO2S/c1-2-15-9-5-3-8(4-6-9)11(14)10(13)7-12/h3-6,10,13H,2,7,12H2,1H3. The SMILES string of the molecule is CCSc1ccc(C(=O)C(O)CN)cc1. The number of aliphatic hydroxyl groups excluding tert-OH is 1. The molecule has 0 aliphatic carbocycles. The topological polar surface area (TPSA) is 63.3 Å². The monoisotopic (exact) mass is 225 g/mol. The highest BCUT2D eigenvalue weighted by molar-refractivity contribution is 7.99. The van der Waals surface area contributed by atoms with E-state index >= 15 is 0 Å². The summed E-state index contributed by atoms with van der Waals surface area (Å²) in [6.07, 6.45) is -1.09. The minimum atomic E-state index is -1.09. The second-order valence-corrected chi connectivity index (χ2v) is 4.41. The van der Waals surface area contributed by atoms with E-state index in [0.29, 0.717) is 5.56 Å². The number of thioether (sulfide) groups is 1. The number of ketones is 1.